The summed E-state index contributed by atoms with van der Waals surface area (Å²) in [6.07, 6.45) is 1.82. The third-order valence-corrected chi connectivity index (χ3v) is 1.95. The van der Waals surface area contributed by atoms with Gasteiger partial charge >= 0.3 is 5.97 Å². The molecule has 0 aromatic carbocycles. The number of carboxylic acids is 1. The highest BCUT2D eigenvalue weighted by Gasteiger charge is 2.32. The molecule has 14 heavy (non-hydrogen) atoms. The molecule has 4 nitrogen and oxygen atoms in total. The molecule has 0 atom stereocenters. The number of hydrogen-bond acceptors (Lipinski definition) is 3. The topological polar surface area (TPSA) is 62.0 Å². The molecule has 0 spiro atoms. The second-order valence-corrected chi connectivity index (χ2v) is 4.05. The Bertz CT molecular complexity index is 358. The van der Waals surface area contributed by atoms with E-state index in [1.165, 1.54) is 0 Å². The van der Waals surface area contributed by atoms with Gasteiger partial charge < -0.3 is 5.11 Å². The molecule has 0 aromatic heterocycles. The number of rotatable bonds is 2. The minimum Gasteiger partial charge on any atom is -0.476 e. The van der Waals surface area contributed by atoms with Crippen molar-refractivity contribution in [2.24, 2.45) is 10.2 Å². The molecule has 4 heteroatoms. The summed E-state index contributed by atoms with van der Waals surface area (Å²) >= 11 is 0. The molecule has 0 bridgehead atoms. The van der Waals surface area contributed by atoms with Gasteiger partial charge in [0.2, 0.25) is 0 Å². The SMILES string of the molecule is CC(C)=CC1=C(C(=O)O)N=NC1(C)C. The molecule has 0 unspecified atom stereocenters. The summed E-state index contributed by atoms with van der Waals surface area (Å²) in [6.45, 7) is 7.53. The van der Waals surface area contributed by atoms with Crippen LogP contribution in [0.3, 0.4) is 0 Å². The Hall–Kier alpha value is -1.45. The summed E-state index contributed by atoms with van der Waals surface area (Å²) in [6, 6.07) is 0. The second-order valence-electron chi connectivity index (χ2n) is 4.05. The van der Waals surface area contributed by atoms with Crippen LogP contribution in [0.2, 0.25) is 0 Å². The van der Waals surface area contributed by atoms with Crippen molar-refractivity contribution < 1.29 is 9.90 Å². The number of nitrogens with zero attached hydrogens (tertiary/aromatic N) is 2. The number of allylic oxidation sites excluding steroid dienone is 1. The standard InChI is InChI=1S/C10H14N2O2/c1-6(2)5-7-8(9(13)14)11-12-10(7,3)4/h5H,1-4H3,(H,13,14). The van der Waals surface area contributed by atoms with Crippen LogP contribution in [-0.4, -0.2) is 16.6 Å². The highest BCUT2D eigenvalue weighted by Crippen LogP contribution is 2.33. The molecule has 1 rings (SSSR count). The van der Waals surface area contributed by atoms with Crippen LogP contribution < -0.4 is 0 Å². The average Bonchev–Trinajstić information content (AvgIpc) is 2.26. The summed E-state index contributed by atoms with van der Waals surface area (Å²) in [4.78, 5) is 10.8. The van der Waals surface area contributed by atoms with Crippen LogP contribution in [0.15, 0.2) is 33.1 Å². The van der Waals surface area contributed by atoms with Crippen LogP contribution in [0.5, 0.6) is 0 Å². The van der Waals surface area contributed by atoms with Gasteiger partial charge in [0.05, 0.1) is 0 Å². The Kier molecular flexibility index (Phi) is 2.55. The molecule has 0 aliphatic carbocycles. The second kappa shape index (κ2) is 3.36. The normalized spacial score (nSPS) is 18.6. The lowest BCUT2D eigenvalue weighted by Gasteiger charge is -2.14. The largest absolute Gasteiger partial charge is 0.476 e. The molecular formula is C10H14N2O2. The van der Waals surface area contributed by atoms with E-state index in [1.54, 1.807) is 0 Å². The Labute approximate surface area is 83.0 Å². The van der Waals surface area contributed by atoms with Gasteiger partial charge in [-0.1, -0.05) is 11.6 Å². The number of carboxylic acid groups (broad SMARTS) is 1. The van der Waals surface area contributed by atoms with Gasteiger partial charge in [-0.05, 0) is 27.7 Å². The molecule has 0 aromatic rings. The van der Waals surface area contributed by atoms with Gasteiger partial charge in [-0.15, -0.1) is 5.11 Å². The van der Waals surface area contributed by atoms with Crippen molar-refractivity contribution >= 4 is 5.97 Å². The fourth-order valence-electron chi connectivity index (χ4n) is 1.26. The van der Waals surface area contributed by atoms with Gasteiger partial charge in [-0.2, -0.15) is 5.11 Å². The monoisotopic (exact) mass is 194 g/mol. The maximum atomic E-state index is 10.8. The minimum absolute atomic E-state index is 0.0520. The first-order chi connectivity index (χ1) is 6.34. The zero-order chi connectivity index (χ0) is 10.9. The molecule has 76 valence electrons. The van der Waals surface area contributed by atoms with E-state index in [0.29, 0.717) is 5.57 Å². The smallest absolute Gasteiger partial charge is 0.356 e. The highest BCUT2D eigenvalue weighted by molar-refractivity contribution is 5.88. The van der Waals surface area contributed by atoms with Gasteiger partial charge in [0.25, 0.3) is 0 Å². The quantitative estimate of drug-likeness (QED) is 0.734. The summed E-state index contributed by atoms with van der Waals surface area (Å²) in [5.74, 6) is -1.02. The molecule has 0 radical (unpaired) electrons. The molecule has 1 aliphatic rings. The molecule has 0 fully saturated rings. The molecule has 0 amide bonds. The van der Waals surface area contributed by atoms with E-state index in [-0.39, 0.29) is 5.70 Å². The average molecular weight is 194 g/mol. The zero-order valence-electron chi connectivity index (χ0n) is 8.83. The molecule has 1 heterocycles. The fraction of sp³-hybridized carbons (Fsp3) is 0.500. The Morgan fingerprint density at radius 3 is 2.43 bits per heavy atom. The van der Waals surface area contributed by atoms with Crippen LogP contribution in [-0.2, 0) is 4.79 Å². The number of hydrogen-bond donors (Lipinski definition) is 1. The maximum Gasteiger partial charge on any atom is 0.356 e. The lowest BCUT2D eigenvalue weighted by Crippen LogP contribution is -2.17. The predicted octanol–water partition coefficient (Wildman–Crippen LogP) is 2.54. The van der Waals surface area contributed by atoms with Crippen molar-refractivity contribution in [2.75, 3.05) is 0 Å². The first kappa shape index (κ1) is 10.6. The predicted molar refractivity (Wildman–Crippen MR) is 53.0 cm³/mol. The highest BCUT2D eigenvalue weighted by atomic mass is 16.4. The van der Waals surface area contributed by atoms with E-state index in [0.717, 1.165) is 5.57 Å². The fourth-order valence-corrected chi connectivity index (χ4v) is 1.26. The number of aliphatic carboxylic acids is 1. The third kappa shape index (κ3) is 1.89. The van der Waals surface area contributed by atoms with E-state index >= 15 is 0 Å². The zero-order valence-corrected chi connectivity index (χ0v) is 8.83. The Morgan fingerprint density at radius 2 is 2.00 bits per heavy atom. The summed E-state index contributed by atoms with van der Waals surface area (Å²) in [7, 11) is 0. The van der Waals surface area contributed by atoms with Gasteiger partial charge in [0.1, 0.15) is 5.54 Å². The number of azo groups is 1. The molecule has 0 saturated heterocycles. The molecule has 0 saturated carbocycles. The first-order valence-corrected chi connectivity index (χ1v) is 4.40. The molecule has 1 aliphatic heterocycles. The van der Waals surface area contributed by atoms with Crippen LogP contribution in [0.1, 0.15) is 27.7 Å². The van der Waals surface area contributed by atoms with E-state index in [2.05, 4.69) is 10.2 Å². The van der Waals surface area contributed by atoms with Crippen molar-refractivity contribution in [3.05, 3.63) is 22.9 Å². The van der Waals surface area contributed by atoms with Crippen molar-refractivity contribution in [3.8, 4) is 0 Å². The van der Waals surface area contributed by atoms with Crippen LogP contribution in [0, 0.1) is 0 Å². The van der Waals surface area contributed by atoms with E-state index in [1.807, 2.05) is 33.8 Å². The lowest BCUT2D eigenvalue weighted by molar-refractivity contribution is -0.132. The maximum absolute atomic E-state index is 10.8. The van der Waals surface area contributed by atoms with Crippen LogP contribution in [0.4, 0.5) is 0 Å². The van der Waals surface area contributed by atoms with Crippen LogP contribution >= 0.6 is 0 Å². The first-order valence-electron chi connectivity index (χ1n) is 4.40. The van der Waals surface area contributed by atoms with E-state index in [4.69, 9.17) is 5.11 Å². The summed E-state index contributed by atoms with van der Waals surface area (Å²) in [5, 5.41) is 16.5. The minimum atomic E-state index is -1.02. The van der Waals surface area contributed by atoms with Gasteiger partial charge in [-0.3, -0.25) is 0 Å². The van der Waals surface area contributed by atoms with Crippen LogP contribution in [0.25, 0.3) is 0 Å². The lowest BCUT2D eigenvalue weighted by atomic mass is 9.93. The van der Waals surface area contributed by atoms with E-state index in [9.17, 15) is 4.79 Å². The van der Waals surface area contributed by atoms with Crippen molar-refractivity contribution in [2.45, 2.75) is 33.2 Å². The number of carbonyl (C=O) groups is 1. The van der Waals surface area contributed by atoms with Gasteiger partial charge in [-0.25, -0.2) is 4.79 Å². The Morgan fingerprint density at radius 1 is 1.43 bits per heavy atom. The molecular weight excluding hydrogens is 180 g/mol. The van der Waals surface area contributed by atoms with Gasteiger partial charge in [0.15, 0.2) is 5.70 Å². The van der Waals surface area contributed by atoms with Gasteiger partial charge in [0, 0.05) is 5.57 Å². The summed E-state index contributed by atoms with van der Waals surface area (Å²) in [5.41, 5.74) is 1.24. The van der Waals surface area contributed by atoms with Crippen molar-refractivity contribution in [1.82, 2.24) is 0 Å². The van der Waals surface area contributed by atoms with Crippen molar-refractivity contribution in [1.29, 1.82) is 0 Å². The van der Waals surface area contributed by atoms with Crippen molar-refractivity contribution in [3.63, 3.8) is 0 Å². The summed E-state index contributed by atoms with van der Waals surface area (Å²) < 4.78 is 0. The Balaban J connectivity index is 3.25. The third-order valence-electron chi connectivity index (χ3n) is 1.95. The van der Waals surface area contributed by atoms with E-state index < -0.39 is 11.5 Å². The molecule has 1 N–H and O–H groups in total.